The molecule has 108 valence electrons. The molecule has 2 rings (SSSR count). The summed E-state index contributed by atoms with van der Waals surface area (Å²) in [5, 5.41) is 8.59. The Bertz CT molecular complexity index is 470. The molecule has 6 heteroatoms. The highest BCUT2D eigenvalue weighted by Gasteiger charge is 2.11. The van der Waals surface area contributed by atoms with Crippen LogP contribution in [0.25, 0.3) is 0 Å². The molecule has 1 aliphatic rings. The van der Waals surface area contributed by atoms with Crippen LogP contribution in [0, 0.1) is 11.3 Å². The molecule has 5 nitrogen and oxygen atoms in total. The first kappa shape index (κ1) is 15.1. The fourth-order valence-corrected chi connectivity index (χ4v) is 2.27. The number of nitrogens with zero attached hydrogens (tertiary/aromatic N) is 2. The molecule has 0 saturated carbocycles. The highest BCUT2D eigenvalue weighted by Crippen LogP contribution is 2.30. The summed E-state index contributed by atoms with van der Waals surface area (Å²) in [6.07, 6.45) is 0. The highest BCUT2D eigenvalue weighted by atomic mass is 79.9. The van der Waals surface area contributed by atoms with Gasteiger partial charge in [0.15, 0.2) is 18.1 Å². The number of benzene rings is 1. The third kappa shape index (κ3) is 4.67. The summed E-state index contributed by atoms with van der Waals surface area (Å²) < 4.78 is 17.3. The van der Waals surface area contributed by atoms with Crippen molar-refractivity contribution in [2.75, 3.05) is 46.1 Å². The van der Waals surface area contributed by atoms with Crippen LogP contribution < -0.4 is 9.47 Å². The van der Waals surface area contributed by atoms with Crippen LogP contribution in [-0.4, -0.2) is 51.0 Å². The molecule has 0 aromatic heterocycles. The van der Waals surface area contributed by atoms with Crippen molar-refractivity contribution in [3.8, 4) is 17.6 Å². The molecule has 1 aromatic carbocycles. The maximum absolute atomic E-state index is 8.59. The van der Waals surface area contributed by atoms with Crippen LogP contribution in [0.15, 0.2) is 22.7 Å². The lowest BCUT2D eigenvalue weighted by Gasteiger charge is -2.26. The van der Waals surface area contributed by atoms with E-state index in [0.29, 0.717) is 18.1 Å². The lowest BCUT2D eigenvalue weighted by molar-refractivity contribution is 0.0321. The topological polar surface area (TPSA) is 54.7 Å². The van der Waals surface area contributed by atoms with Crippen molar-refractivity contribution in [3.63, 3.8) is 0 Å². The van der Waals surface area contributed by atoms with Crippen molar-refractivity contribution < 1.29 is 14.2 Å². The molecule has 0 atom stereocenters. The van der Waals surface area contributed by atoms with E-state index in [-0.39, 0.29) is 6.61 Å². The molecule has 1 saturated heterocycles. The third-order valence-electron chi connectivity index (χ3n) is 2.97. The van der Waals surface area contributed by atoms with Crippen molar-refractivity contribution in [3.05, 3.63) is 22.7 Å². The van der Waals surface area contributed by atoms with Crippen molar-refractivity contribution in [1.29, 1.82) is 5.26 Å². The number of halogens is 1. The average Bonchev–Trinajstić information content (AvgIpc) is 2.48. The van der Waals surface area contributed by atoms with E-state index in [4.69, 9.17) is 19.5 Å². The Balaban J connectivity index is 1.86. The third-order valence-corrected chi connectivity index (χ3v) is 3.46. The van der Waals surface area contributed by atoms with Gasteiger partial charge in [-0.15, -0.1) is 0 Å². The van der Waals surface area contributed by atoms with E-state index in [9.17, 15) is 0 Å². The maximum atomic E-state index is 8.59. The fourth-order valence-electron chi connectivity index (χ4n) is 1.93. The van der Waals surface area contributed by atoms with Crippen LogP contribution in [0.4, 0.5) is 0 Å². The number of ether oxygens (including phenoxy) is 3. The van der Waals surface area contributed by atoms with Crippen molar-refractivity contribution in [2.45, 2.75) is 0 Å². The summed E-state index contributed by atoms with van der Waals surface area (Å²) >= 11 is 3.38. The van der Waals surface area contributed by atoms with Crippen molar-refractivity contribution in [2.24, 2.45) is 0 Å². The predicted octanol–water partition coefficient (Wildman–Crippen LogP) is 2.06. The number of nitriles is 1. The Labute approximate surface area is 127 Å². The van der Waals surface area contributed by atoms with Gasteiger partial charge in [0.25, 0.3) is 0 Å². The number of rotatable bonds is 6. The van der Waals surface area contributed by atoms with Gasteiger partial charge in [-0.2, -0.15) is 5.26 Å². The van der Waals surface area contributed by atoms with E-state index in [0.717, 1.165) is 37.3 Å². The first-order chi connectivity index (χ1) is 9.79. The van der Waals surface area contributed by atoms with Crippen LogP contribution in [-0.2, 0) is 4.74 Å². The SMILES string of the molecule is N#CCOc1cc(Br)ccc1OCCN1CCOCC1. The Morgan fingerprint density at radius 2 is 2.05 bits per heavy atom. The molecule has 1 fully saturated rings. The molecule has 0 aliphatic carbocycles. The highest BCUT2D eigenvalue weighted by molar-refractivity contribution is 9.10. The molecule has 1 heterocycles. The second-order valence-electron chi connectivity index (χ2n) is 4.34. The van der Waals surface area contributed by atoms with Crippen molar-refractivity contribution in [1.82, 2.24) is 4.90 Å². The summed E-state index contributed by atoms with van der Waals surface area (Å²) in [5.41, 5.74) is 0. The largest absolute Gasteiger partial charge is 0.488 e. The normalized spacial score (nSPS) is 15.6. The van der Waals surface area contributed by atoms with E-state index in [1.807, 2.05) is 18.2 Å². The van der Waals surface area contributed by atoms with Gasteiger partial charge in [0.05, 0.1) is 13.2 Å². The monoisotopic (exact) mass is 340 g/mol. The Morgan fingerprint density at radius 3 is 2.80 bits per heavy atom. The zero-order chi connectivity index (χ0) is 14.2. The molecular weight excluding hydrogens is 324 g/mol. The van der Waals surface area contributed by atoms with Gasteiger partial charge in [0.2, 0.25) is 0 Å². The molecule has 0 radical (unpaired) electrons. The number of hydrogen-bond donors (Lipinski definition) is 0. The summed E-state index contributed by atoms with van der Waals surface area (Å²) in [6.45, 7) is 4.92. The first-order valence-electron chi connectivity index (χ1n) is 6.52. The maximum Gasteiger partial charge on any atom is 0.174 e. The molecule has 0 bridgehead atoms. The van der Waals surface area contributed by atoms with Crippen LogP contribution >= 0.6 is 15.9 Å². The quantitative estimate of drug-likeness (QED) is 0.793. The second kappa shape index (κ2) is 8.10. The van der Waals surface area contributed by atoms with Gasteiger partial charge in [0, 0.05) is 24.1 Å². The lowest BCUT2D eigenvalue weighted by atomic mass is 10.3. The van der Waals surface area contributed by atoms with Gasteiger partial charge in [-0.1, -0.05) is 15.9 Å². The standard InChI is InChI=1S/C14H17BrN2O3/c15-12-1-2-13(14(11-12)19-7-3-16)20-10-6-17-4-8-18-9-5-17/h1-2,11H,4-10H2. The van der Waals surface area contributed by atoms with Gasteiger partial charge in [-0.3, -0.25) is 4.90 Å². The number of morpholine rings is 1. The Morgan fingerprint density at radius 1 is 1.25 bits per heavy atom. The zero-order valence-corrected chi connectivity index (χ0v) is 12.8. The minimum atomic E-state index is 0.0102. The lowest BCUT2D eigenvalue weighted by Crippen LogP contribution is -2.38. The summed E-state index contributed by atoms with van der Waals surface area (Å²) in [4.78, 5) is 2.30. The summed E-state index contributed by atoms with van der Waals surface area (Å²) in [7, 11) is 0. The average molecular weight is 341 g/mol. The smallest absolute Gasteiger partial charge is 0.174 e. The Hall–Kier alpha value is -1.29. The second-order valence-corrected chi connectivity index (χ2v) is 5.26. The number of hydrogen-bond acceptors (Lipinski definition) is 5. The van der Waals surface area contributed by atoms with Gasteiger partial charge in [-0.25, -0.2) is 0 Å². The molecule has 0 amide bonds. The first-order valence-corrected chi connectivity index (χ1v) is 7.31. The van der Waals surface area contributed by atoms with Gasteiger partial charge in [-0.05, 0) is 18.2 Å². The van der Waals surface area contributed by atoms with Crippen molar-refractivity contribution >= 4 is 15.9 Å². The van der Waals surface area contributed by atoms with Gasteiger partial charge >= 0.3 is 0 Å². The summed E-state index contributed by atoms with van der Waals surface area (Å²) in [6, 6.07) is 7.50. The molecular formula is C14H17BrN2O3. The van der Waals surface area contributed by atoms with Crippen LogP contribution in [0.3, 0.4) is 0 Å². The van der Waals surface area contributed by atoms with Crippen LogP contribution in [0.1, 0.15) is 0 Å². The molecule has 1 aromatic rings. The van der Waals surface area contributed by atoms with Gasteiger partial charge < -0.3 is 14.2 Å². The van der Waals surface area contributed by atoms with Gasteiger partial charge in [0.1, 0.15) is 12.7 Å². The van der Waals surface area contributed by atoms with E-state index >= 15 is 0 Å². The predicted molar refractivity (Wildman–Crippen MR) is 78.0 cm³/mol. The molecule has 0 N–H and O–H groups in total. The minimum absolute atomic E-state index is 0.0102. The van der Waals surface area contributed by atoms with Crippen LogP contribution in [0.2, 0.25) is 0 Å². The van der Waals surface area contributed by atoms with E-state index in [1.165, 1.54) is 0 Å². The molecule has 20 heavy (non-hydrogen) atoms. The van der Waals surface area contributed by atoms with E-state index in [2.05, 4.69) is 20.8 Å². The minimum Gasteiger partial charge on any atom is -0.488 e. The molecule has 0 spiro atoms. The summed E-state index contributed by atoms with van der Waals surface area (Å²) in [5.74, 6) is 1.25. The van der Waals surface area contributed by atoms with E-state index < -0.39 is 0 Å². The van der Waals surface area contributed by atoms with E-state index in [1.54, 1.807) is 6.07 Å². The molecule has 1 aliphatic heterocycles. The Kier molecular flexibility index (Phi) is 6.12. The fraction of sp³-hybridized carbons (Fsp3) is 0.500. The molecule has 0 unspecified atom stereocenters. The van der Waals surface area contributed by atoms with Crippen LogP contribution in [0.5, 0.6) is 11.5 Å². The zero-order valence-electron chi connectivity index (χ0n) is 11.2.